The van der Waals surface area contributed by atoms with Crippen molar-refractivity contribution < 1.29 is 28.7 Å². The highest BCUT2D eigenvalue weighted by Crippen LogP contribution is 2.48. The van der Waals surface area contributed by atoms with Crippen LogP contribution in [0.25, 0.3) is 11.1 Å². The lowest BCUT2D eigenvalue weighted by atomic mass is 9.85. The number of aliphatic hydroxyl groups excluding tert-OH is 2. The van der Waals surface area contributed by atoms with Gasteiger partial charge in [0.1, 0.15) is 24.0 Å². The molecule has 2 saturated heterocycles. The Morgan fingerprint density at radius 1 is 1.02 bits per heavy atom. The van der Waals surface area contributed by atoms with Gasteiger partial charge < -0.3 is 25.0 Å². The highest BCUT2D eigenvalue weighted by atomic mass is 19.1. The number of carbonyl (C=O) groups excluding carboxylic acids is 2. The summed E-state index contributed by atoms with van der Waals surface area (Å²) in [5.74, 6) is -0.385. The number of hydrogen-bond acceptors (Lipinski definition) is 10. The maximum Gasteiger partial charge on any atom is 0.244 e. The molecule has 280 valence electrons. The molecular formula is C42H45FN6O5. The van der Waals surface area contributed by atoms with E-state index in [9.17, 15) is 25.1 Å². The van der Waals surface area contributed by atoms with Gasteiger partial charge in [0.05, 0.1) is 34.9 Å². The number of aromatic nitrogens is 1. The van der Waals surface area contributed by atoms with E-state index in [-0.39, 0.29) is 29.9 Å². The number of nitrogens with one attached hydrogen (secondary N) is 2. The SMILES string of the molecule is Cc1ccc(-c2c(C)noc2C)cc1C(CC1CCN(c2cc3c(cc2F)C(O)N(C2CCC(=O)NC2=O)C3O)CC1)Nc1ccc(C2(C#N)CC2)cc1. The summed E-state index contributed by atoms with van der Waals surface area (Å²) >= 11 is 0. The van der Waals surface area contributed by atoms with Gasteiger partial charge in [-0.05, 0) is 118 Å². The number of aliphatic hydroxyl groups is 2. The summed E-state index contributed by atoms with van der Waals surface area (Å²) < 4.78 is 21.3. The molecule has 12 heteroatoms. The van der Waals surface area contributed by atoms with Crippen LogP contribution < -0.4 is 15.5 Å². The molecule has 4 atom stereocenters. The summed E-state index contributed by atoms with van der Waals surface area (Å²) in [7, 11) is 0. The number of hydrogen-bond donors (Lipinski definition) is 4. The number of halogens is 1. The first kappa shape index (κ1) is 35.9. The molecule has 4 heterocycles. The highest BCUT2D eigenvalue weighted by Gasteiger charge is 2.46. The average molecular weight is 733 g/mol. The van der Waals surface area contributed by atoms with E-state index in [1.54, 1.807) is 6.07 Å². The minimum Gasteiger partial charge on any atom is -0.378 e. The van der Waals surface area contributed by atoms with E-state index >= 15 is 4.39 Å². The monoisotopic (exact) mass is 732 g/mol. The summed E-state index contributed by atoms with van der Waals surface area (Å²) in [6.07, 6.45) is 1.79. The zero-order valence-corrected chi connectivity index (χ0v) is 30.7. The fraction of sp³-hybridized carbons (Fsp3) is 0.429. The number of imide groups is 1. The molecule has 11 nitrogen and oxygen atoms in total. The topological polar surface area (TPSA) is 155 Å². The lowest BCUT2D eigenvalue weighted by molar-refractivity contribution is -0.154. The van der Waals surface area contributed by atoms with Gasteiger partial charge in [0.2, 0.25) is 11.8 Å². The van der Waals surface area contributed by atoms with Crippen LogP contribution in [0.3, 0.4) is 0 Å². The third-order valence-corrected chi connectivity index (χ3v) is 12.1. The van der Waals surface area contributed by atoms with Crippen molar-refractivity contribution in [2.24, 2.45) is 5.92 Å². The molecule has 8 rings (SSSR count). The Bertz CT molecular complexity index is 2130. The molecule has 4 unspecified atom stereocenters. The van der Waals surface area contributed by atoms with Crippen LogP contribution in [-0.4, -0.2) is 51.2 Å². The molecule has 0 bridgehead atoms. The molecule has 3 aliphatic heterocycles. The second-order valence-corrected chi connectivity index (χ2v) is 15.5. The van der Waals surface area contributed by atoms with Crippen LogP contribution in [0.1, 0.15) is 103 Å². The van der Waals surface area contributed by atoms with Gasteiger partial charge in [0, 0.05) is 41.9 Å². The van der Waals surface area contributed by atoms with Crippen molar-refractivity contribution >= 4 is 23.2 Å². The predicted molar refractivity (Wildman–Crippen MR) is 199 cm³/mol. The van der Waals surface area contributed by atoms with Crippen molar-refractivity contribution in [3.8, 4) is 17.2 Å². The van der Waals surface area contributed by atoms with E-state index in [2.05, 4.69) is 71.2 Å². The average Bonchev–Trinajstić information content (AvgIpc) is 3.84. The number of benzene rings is 3. The summed E-state index contributed by atoms with van der Waals surface area (Å²) in [5.41, 5.74) is 7.82. The van der Waals surface area contributed by atoms with E-state index in [0.717, 1.165) is 71.5 Å². The Kier molecular flexibility index (Phi) is 9.28. The van der Waals surface area contributed by atoms with Gasteiger partial charge in [-0.2, -0.15) is 5.26 Å². The summed E-state index contributed by atoms with van der Waals surface area (Å²) in [4.78, 5) is 27.6. The smallest absolute Gasteiger partial charge is 0.244 e. The predicted octanol–water partition coefficient (Wildman–Crippen LogP) is 6.52. The number of rotatable bonds is 9. The first-order valence-corrected chi connectivity index (χ1v) is 18.8. The van der Waals surface area contributed by atoms with E-state index in [4.69, 9.17) is 4.52 Å². The van der Waals surface area contributed by atoms with Gasteiger partial charge in [-0.15, -0.1) is 0 Å². The van der Waals surface area contributed by atoms with Crippen LogP contribution in [0.2, 0.25) is 0 Å². The van der Waals surface area contributed by atoms with Gasteiger partial charge in [0.15, 0.2) is 0 Å². The Morgan fingerprint density at radius 3 is 2.35 bits per heavy atom. The van der Waals surface area contributed by atoms with Crippen LogP contribution in [0.15, 0.2) is 59.1 Å². The minimum atomic E-state index is -1.38. The van der Waals surface area contributed by atoms with Crippen molar-refractivity contribution in [1.29, 1.82) is 5.26 Å². The fourth-order valence-corrected chi connectivity index (χ4v) is 8.80. The zero-order chi connectivity index (χ0) is 37.9. The number of aryl methyl sites for hydroxylation is 3. The Balaban J connectivity index is 1.01. The van der Waals surface area contributed by atoms with Crippen molar-refractivity contribution in [2.75, 3.05) is 23.3 Å². The number of fused-ring (bicyclic) bond motifs is 1. The zero-order valence-electron chi connectivity index (χ0n) is 30.7. The van der Waals surface area contributed by atoms with Gasteiger partial charge >= 0.3 is 0 Å². The number of carbonyl (C=O) groups is 2. The van der Waals surface area contributed by atoms with Gasteiger partial charge in [0.25, 0.3) is 0 Å². The van der Waals surface area contributed by atoms with Crippen molar-refractivity contribution in [2.45, 2.75) is 95.7 Å². The Hall–Kier alpha value is -5.09. The van der Waals surface area contributed by atoms with Crippen LogP contribution in [0, 0.1) is 43.8 Å². The molecule has 4 N–H and O–H groups in total. The first-order chi connectivity index (χ1) is 26.0. The van der Waals surface area contributed by atoms with E-state index in [1.807, 2.05) is 18.7 Å². The summed E-state index contributed by atoms with van der Waals surface area (Å²) in [5, 5.41) is 42.3. The quantitative estimate of drug-likeness (QED) is 0.140. The Morgan fingerprint density at radius 2 is 1.72 bits per heavy atom. The fourth-order valence-electron chi connectivity index (χ4n) is 8.80. The molecule has 0 radical (unpaired) electrons. The van der Waals surface area contributed by atoms with Crippen molar-refractivity contribution in [3.63, 3.8) is 0 Å². The van der Waals surface area contributed by atoms with Crippen LogP contribution in [0.5, 0.6) is 0 Å². The largest absolute Gasteiger partial charge is 0.378 e. The van der Waals surface area contributed by atoms with Gasteiger partial charge in [-0.1, -0.05) is 29.4 Å². The third kappa shape index (κ3) is 6.44. The Labute approximate surface area is 313 Å². The lowest BCUT2D eigenvalue weighted by Gasteiger charge is -2.36. The van der Waals surface area contributed by atoms with Gasteiger partial charge in [-0.3, -0.25) is 14.9 Å². The van der Waals surface area contributed by atoms with Crippen LogP contribution in [-0.2, 0) is 15.0 Å². The van der Waals surface area contributed by atoms with E-state index in [1.165, 1.54) is 16.5 Å². The molecule has 3 fully saturated rings. The molecule has 1 aliphatic carbocycles. The van der Waals surface area contributed by atoms with E-state index in [0.29, 0.717) is 30.3 Å². The lowest BCUT2D eigenvalue weighted by Crippen LogP contribution is -2.52. The number of anilines is 2. The van der Waals surface area contributed by atoms with Gasteiger partial charge in [-0.25, -0.2) is 9.29 Å². The van der Waals surface area contributed by atoms with Crippen LogP contribution in [0.4, 0.5) is 15.8 Å². The minimum absolute atomic E-state index is 0.0368. The highest BCUT2D eigenvalue weighted by molar-refractivity contribution is 6.00. The maximum absolute atomic E-state index is 15.8. The van der Waals surface area contributed by atoms with Crippen molar-refractivity contribution in [1.82, 2.24) is 15.4 Å². The second-order valence-electron chi connectivity index (χ2n) is 15.5. The number of piperidine rings is 2. The molecule has 3 aromatic carbocycles. The number of nitriles is 1. The maximum atomic E-state index is 15.8. The van der Waals surface area contributed by atoms with Crippen molar-refractivity contribution in [3.05, 3.63) is 99.7 Å². The third-order valence-electron chi connectivity index (χ3n) is 12.1. The molecule has 4 aromatic rings. The summed E-state index contributed by atoms with van der Waals surface area (Å²) in [6.45, 7) is 7.21. The molecule has 0 spiro atoms. The standard InChI is InChI=1S/C42H45FN6O5/c1-23-4-5-27(38-24(2)47-54-25(38)3)19-30(23)34(45-29-8-6-28(7-9-29)42(22-44)14-15-42)18-26-12-16-48(17-13-26)36-21-32-31(20-33(36)43)40(52)49(41(32)53)35-10-11-37(50)46-39(35)51/h4-9,19-21,26,34-35,40-41,45,52-53H,10-18H2,1-3H3,(H,46,50,51). The molecule has 1 aromatic heterocycles. The molecule has 2 amide bonds. The van der Waals surface area contributed by atoms with E-state index < -0.39 is 36.1 Å². The molecular weight excluding hydrogens is 687 g/mol. The molecule has 1 saturated carbocycles. The molecule has 4 aliphatic rings. The van der Waals surface area contributed by atoms with Crippen LogP contribution >= 0.6 is 0 Å². The second kappa shape index (κ2) is 14.0. The first-order valence-electron chi connectivity index (χ1n) is 18.8. The summed E-state index contributed by atoms with van der Waals surface area (Å²) in [6, 6.07) is 19.1. The normalized spacial score (nSPS) is 23.1. The number of nitrogens with zero attached hydrogens (tertiary/aromatic N) is 4. The number of amides is 2. The molecule has 54 heavy (non-hydrogen) atoms.